The van der Waals surface area contributed by atoms with Crippen molar-refractivity contribution >= 4 is 17.7 Å². The summed E-state index contributed by atoms with van der Waals surface area (Å²) >= 11 is 1.54. The van der Waals surface area contributed by atoms with Gasteiger partial charge in [0, 0.05) is 36.9 Å². The van der Waals surface area contributed by atoms with Crippen LogP contribution in [0.1, 0.15) is 30.9 Å². The summed E-state index contributed by atoms with van der Waals surface area (Å²) in [6.45, 7) is 6.24. The summed E-state index contributed by atoms with van der Waals surface area (Å²) in [6.07, 6.45) is 6.12. The highest BCUT2D eigenvalue weighted by molar-refractivity contribution is 8.00. The van der Waals surface area contributed by atoms with E-state index in [1.165, 1.54) is 48.8 Å². The van der Waals surface area contributed by atoms with Gasteiger partial charge in [-0.25, -0.2) is 0 Å². The Morgan fingerprint density at radius 3 is 2.77 bits per heavy atom. The minimum absolute atomic E-state index is 0.0632. The first-order valence-corrected chi connectivity index (χ1v) is 10.3. The van der Waals surface area contributed by atoms with Gasteiger partial charge >= 0.3 is 0 Å². The Morgan fingerprint density at radius 1 is 1.23 bits per heavy atom. The summed E-state index contributed by atoms with van der Waals surface area (Å²) < 4.78 is 0. The van der Waals surface area contributed by atoms with E-state index in [4.69, 9.17) is 0 Å². The van der Waals surface area contributed by atoms with Gasteiger partial charge < -0.3 is 5.32 Å². The van der Waals surface area contributed by atoms with Crippen molar-refractivity contribution in [2.24, 2.45) is 5.92 Å². The molecule has 1 amide bonds. The molecule has 1 saturated heterocycles. The molecule has 1 aliphatic heterocycles. The summed E-state index contributed by atoms with van der Waals surface area (Å²) in [7, 11) is 0. The first-order chi connectivity index (χ1) is 12.7. The number of piperidine rings is 1. The minimum Gasteiger partial charge on any atom is -0.351 e. The molecule has 1 aromatic carbocycles. The van der Waals surface area contributed by atoms with Crippen molar-refractivity contribution in [3.63, 3.8) is 0 Å². The van der Waals surface area contributed by atoms with Gasteiger partial charge in [-0.1, -0.05) is 31.2 Å². The topological polar surface area (TPSA) is 45.2 Å². The quantitative estimate of drug-likeness (QED) is 0.756. The Bertz CT molecular complexity index is 707. The van der Waals surface area contributed by atoms with Crippen molar-refractivity contribution in [1.29, 1.82) is 0 Å². The van der Waals surface area contributed by atoms with Crippen LogP contribution in [0.2, 0.25) is 0 Å². The van der Waals surface area contributed by atoms with E-state index in [2.05, 4.69) is 46.4 Å². The lowest BCUT2D eigenvalue weighted by Gasteiger charge is -2.31. The number of hydrogen-bond donors (Lipinski definition) is 1. The Kier molecular flexibility index (Phi) is 7.09. The second kappa shape index (κ2) is 9.74. The molecule has 1 fully saturated rings. The smallest absolute Gasteiger partial charge is 0.230 e. The number of likely N-dealkylation sites (tertiary alicyclic amines) is 1. The number of carbonyl (C=O) groups excluding carboxylic acids is 1. The number of amides is 1. The van der Waals surface area contributed by atoms with Crippen LogP contribution in [-0.4, -0.2) is 34.6 Å². The second-order valence-electron chi connectivity index (χ2n) is 7.00. The van der Waals surface area contributed by atoms with Crippen molar-refractivity contribution in [2.45, 2.75) is 37.8 Å². The van der Waals surface area contributed by atoms with Gasteiger partial charge in [-0.2, -0.15) is 0 Å². The normalized spacial score (nSPS) is 17.8. The lowest BCUT2D eigenvalue weighted by Crippen LogP contribution is -2.34. The number of pyridine rings is 1. The molecule has 1 aliphatic rings. The van der Waals surface area contributed by atoms with Gasteiger partial charge in [-0.15, -0.1) is 11.8 Å². The fourth-order valence-electron chi connectivity index (χ4n) is 3.38. The molecule has 2 heterocycles. The van der Waals surface area contributed by atoms with Gasteiger partial charge in [0.15, 0.2) is 0 Å². The largest absolute Gasteiger partial charge is 0.351 e. The number of nitrogens with one attached hydrogen (secondary N) is 1. The zero-order valence-corrected chi connectivity index (χ0v) is 16.2. The lowest BCUT2D eigenvalue weighted by molar-refractivity contribution is -0.118. The molecular weight excluding hydrogens is 342 g/mol. The molecule has 138 valence electrons. The average Bonchev–Trinajstić information content (AvgIpc) is 2.66. The molecule has 1 atom stereocenters. The molecule has 3 rings (SSSR count). The highest BCUT2D eigenvalue weighted by atomic mass is 32.2. The van der Waals surface area contributed by atoms with Crippen molar-refractivity contribution in [2.75, 3.05) is 18.8 Å². The zero-order chi connectivity index (χ0) is 18.2. The van der Waals surface area contributed by atoms with E-state index < -0.39 is 0 Å². The van der Waals surface area contributed by atoms with Crippen molar-refractivity contribution < 1.29 is 4.79 Å². The summed E-state index contributed by atoms with van der Waals surface area (Å²) in [4.78, 5) is 19.8. The molecule has 0 radical (unpaired) electrons. The van der Waals surface area contributed by atoms with Gasteiger partial charge in [-0.05, 0) is 48.6 Å². The first kappa shape index (κ1) is 18.9. The minimum atomic E-state index is 0.0632. The monoisotopic (exact) mass is 369 g/mol. The van der Waals surface area contributed by atoms with Crippen LogP contribution >= 0.6 is 11.8 Å². The summed E-state index contributed by atoms with van der Waals surface area (Å²) in [5.41, 5.74) is 2.54. The zero-order valence-electron chi connectivity index (χ0n) is 15.4. The Balaban J connectivity index is 1.50. The van der Waals surface area contributed by atoms with Gasteiger partial charge in [0.2, 0.25) is 5.91 Å². The molecule has 2 aromatic rings. The second-order valence-corrected chi connectivity index (χ2v) is 8.05. The molecule has 0 aliphatic carbocycles. The van der Waals surface area contributed by atoms with Crippen LogP contribution in [0.25, 0.3) is 0 Å². The summed E-state index contributed by atoms with van der Waals surface area (Å²) in [5.74, 6) is 1.27. The molecule has 0 spiro atoms. The van der Waals surface area contributed by atoms with Crippen LogP contribution < -0.4 is 5.32 Å². The molecule has 4 nitrogen and oxygen atoms in total. The van der Waals surface area contributed by atoms with Crippen LogP contribution in [-0.2, 0) is 17.9 Å². The van der Waals surface area contributed by atoms with Gasteiger partial charge in [0.05, 0.1) is 5.75 Å². The number of aromatic nitrogens is 1. The third-order valence-electron chi connectivity index (χ3n) is 4.75. The Labute approximate surface area is 160 Å². The molecule has 1 unspecified atom stereocenters. The lowest BCUT2D eigenvalue weighted by atomic mass is 9.99. The van der Waals surface area contributed by atoms with E-state index in [0.29, 0.717) is 12.3 Å². The number of hydrogen-bond acceptors (Lipinski definition) is 4. The van der Waals surface area contributed by atoms with Crippen molar-refractivity contribution in [1.82, 2.24) is 15.2 Å². The van der Waals surface area contributed by atoms with Gasteiger partial charge in [-0.3, -0.25) is 14.7 Å². The number of carbonyl (C=O) groups is 1. The average molecular weight is 370 g/mol. The van der Waals surface area contributed by atoms with Crippen LogP contribution in [0.5, 0.6) is 0 Å². The van der Waals surface area contributed by atoms with E-state index in [9.17, 15) is 4.79 Å². The third-order valence-corrected chi connectivity index (χ3v) is 5.76. The van der Waals surface area contributed by atoms with E-state index in [1.54, 1.807) is 12.4 Å². The Morgan fingerprint density at radius 2 is 2.00 bits per heavy atom. The molecule has 0 bridgehead atoms. The fraction of sp³-hybridized carbons (Fsp3) is 0.429. The SMILES string of the molecule is CC1CCCN(Cc2ccccc2CNC(=O)CSc2ccncc2)C1. The maximum absolute atomic E-state index is 12.2. The summed E-state index contributed by atoms with van der Waals surface area (Å²) in [6, 6.07) is 12.3. The summed E-state index contributed by atoms with van der Waals surface area (Å²) in [5, 5.41) is 3.06. The van der Waals surface area contributed by atoms with E-state index in [0.717, 1.165) is 17.4 Å². The number of thioether (sulfide) groups is 1. The number of benzene rings is 1. The molecule has 1 N–H and O–H groups in total. The predicted molar refractivity (Wildman–Crippen MR) is 107 cm³/mol. The number of rotatable bonds is 7. The van der Waals surface area contributed by atoms with Gasteiger partial charge in [0.1, 0.15) is 0 Å². The first-order valence-electron chi connectivity index (χ1n) is 9.29. The van der Waals surface area contributed by atoms with Crippen LogP contribution in [0.15, 0.2) is 53.7 Å². The van der Waals surface area contributed by atoms with Gasteiger partial charge in [0.25, 0.3) is 0 Å². The molecular formula is C21H27N3OS. The van der Waals surface area contributed by atoms with Crippen LogP contribution in [0.3, 0.4) is 0 Å². The highest BCUT2D eigenvalue weighted by Crippen LogP contribution is 2.20. The molecule has 5 heteroatoms. The highest BCUT2D eigenvalue weighted by Gasteiger charge is 2.17. The molecule has 0 saturated carbocycles. The van der Waals surface area contributed by atoms with Crippen molar-refractivity contribution in [3.8, 4) is 0 Å². The van der Waals surface area contributed by atoms with E-state index in [-0.39, 0.29) is 5.91 Å². The molecule has 26 heavy (non-hydrogen) atoms. The van der Waals surface area contributed by atoms with E-state index >= 15 is 0 Å². The maximum atomic E-state index is 12.2. The predicted octanol–water partition coefficient (Wildman–Crippen LogP) is 3.72. The van der Waals surface area contributed by atoms with E-state index in [1.807, 2.05) is 12.1 Å². The fourth-order valence-corrected chi connectivity index (χ4v) is 4.10. The number of nitrogens with zero attached hydrogens (tertiary/aromatic N) is 2. The standard InChI is InChI=1S/C21H27N3OS/c1-17-5-4-12-24(14-17)15-19-7-3-2-6-18(19)13-23-21(25)16-26-20-8-10-22-11-9-20/h2-3,6-11,17H,4-5,12-16H2,1H3,(H,23,25). The third kappa shape index (κ3) is 5.85. The Hall–Kier alpha value is -1.85. The van der Waals surface area contributed by atoms with Crippen LogP contribution in [0, 0.1) is 5.92 Å². The maximum Gasteiger partial charge on any atom is 0.230 e. The van der Waals surface area contributed by atoms with Crippen molar-refractivity contribution in [3.05, 3.63) is 59.9 Å². The molecule has 1 aromatic heterocycles. The van der Waals surface area contributed by atoms with Crippen LogP contribution in [0.4, 0.5) is 0 Å².